The zero-order valence-electron chi connectivity index (χ0n) is 10.8. The maximum Gasteiger partial charge on any atom is 0.187 e. The van der Waals surface area contributed by atoms with Crippen LogP contribution in [0.5, 0.6) is 0 Å². The van der Waals surface area contributed by atoms with Crippen molar-refractivity contribution in [2.75, 3.05) is 13.2 Å². The van der Waals surface area contributed by atoms with E-state index in [4.69, 9.17) is 10.5 Å². The minimum absolute atomic E-state index is 0.211. The Bertz CT molecular complexity index is 352. The molecule has 0 radical (unpaired) electrons. The SMILES string of the molecule is CCC(N)Cc1cnc(SC2CCOCC2)nc1. The van der Waals surface area contributed by atoms with Crippen LogP contribution < -0.4 is 5.73 Å². The van der Waals surface area contributed by atoms with E-state index in [2.05, 4.69) is 16.9 Å². The highest BCUT2D eigenvalue weighted by molar-refractivity contribution is 7.99. The zero-order valence-corrected chi connectivity index (χ0v) is 11.7. The van der Waals surface area contributed by atoms with Crippen LogP contribution in [-0.2, 0) is 11.2 Å². The van der Waals surface area contributed by atoms with Crippen molar-refractivity contribution in [3.63, 3.8) is 0 Å². The van der Waals surface area contributed by atoms with E-state index < -0.39 is 0 Å². The molecule has 1 atom stereocenters. The summed E-state index contributed by atoms with van der Waals surface area (Å²) in [6.45, 7) is 3.82. The number of ether oxygens (including phenoxy) is 1. The molecule has 1 unspecified atom stereocenters. The Hall–Kier alpha value is -0.650. The standard InChI is InChI=1S/C13H21N3OS/c1-2-11(14)7-10-8-15-13(16-9-10)18-12-3-5-17-6-4-12/h8-9,11-12H,2-7,14H2,1H3. The normalized spacial score (nSPS) is 18.8. The Kier molecular flexibility index (Phi) is 5.41. The van der Waals surface area contributed by atoms with Gasteiger partial charge in [-0.15, -0.1) is 0 Å². The molecular formula is C13H21N3OS. The van der Waals surface area contributed by atoms with E-state index in [1.807, 2.05) is 12.4 Å². The van der Waals surface area contributed by atoms with E-state index in [1.165, 1.54) is 0 Å². The second-order valence-electron chi connectivity index (χ2n) is 4.68. The minimum atomic E-state index is 0.211. The molecule has 18 heavy (non-hydrogen) atoms. The lowest BCUT2D eigenvalue weighted by Crippen LogP contribution is -2.21. The molecule has 2 heterocycles. The van der Waals surface area contributed by atoms with Crippen LogP contribution in [0.2, 0.25) is 0 Å². The number of aromatic nitrogens is 2. The van der Waals surface area contributed by atoms with Crippen LogP contribution >= 0.6 is 11.8 Å². The Balaban J connectivity index is 1.86. The molecule has 0 saturated carbocycles. The van der Waals surface area contributed by atoms with E-state index in [9.17, 15) is 0 Å². The molecule has 4 nitrogen and oxygen atoms in total. The molecule has 5 heteroatoms. The van der Waals surface area contributed by atoms with Crippen LogP contribution in [0.15, 0.2) is 17.6 Å². The van der Waals surface area contributed by atoms with Crippen molar-refractivity contribution < 1.29 is 4.74 Å². The molecule has 0 amide bonds. The summed E-state index contributed by atoms with van der Waals surface area (Å²) < 4.78 is 5.34. The molecule has 1 saturated heterocycles. The molecule has 1 aromatic heterocycles. The van der Waals surface area contributed by atoms with E-state index >= 15 is 0 Å². The lowest BCUT2D eigenvalue weighted by Gasteiger charge is -2.20. The molecule has 0 spiro atoms. The van der Waals surface area contributed by atoms with Gasteiger partial charge in [-0.3, -0.25) is 0 Å². The number of thioether (sulfide) groups is 1. The summed E-state index contributed by atoms with van der Waals surface area (Å²) >= 11 is 1.76. The fourth-order valence-corrected chi connectivity index (χ4v) is 2.85. The predicted octanol–water partition coefficient (Wildman–Crippen LogP) is 2.03. The average Bonchev–Trinajstić information content (AvgIpc) is 2.42. The molecular weight excluding hydrogens is 246 g/mol. The van der Waals surface area contributed by atoms with Crippen LogP contribution in [0.4, 0.5) is 0 Å². The molecule has 1 fully saturated rings. The lowest BCUT2D eigenvalue weighted by atomic mass is 10.1. The van der Waals surface area contributed by atoms with E-state index in [1.54, 1.807) is 11.8 Å². The topological polar surface area (TPSA) is 61.0 Å². The summed E-state index contributed by atoms with van der Waals surface area (Å²) in [5, 5.41) is 1.47. The van der Waals surface area contributed by atoms with Crippen LogP contribution in [0.25, 0.3) is 0 Å². The Labute approximate surface area is 113 Å². The lowest BCUT2D eigenvalue weighted by molar-refractivity contribution is 0.1000. The quantitative estimate of drug-likeness (QED) is 0.827. The van der Waals surface area contributed by atoms with E-state index in [0.29, 0.717) is 5.25 Å². The third kappa shape index (κ3) is 4.23. The second-order valence-corrected chi connectivity index (χ2v) is 5.94. The second kappa shape index (κ2) is 7.07. The summed E-state index contributed by atoms with van der Waals surface area (Å²) in [6.07, 6.45) is 7.85. The first-order valence-corrected chi connectivity index (χ1v) is 7.46. The zero-order chi connectivity index (χ0) is 12.8. The van der Waals surface area contributed by atoms with Gasteiger partial charge in [-0.1, -0.05) is 18.7 Å². The van der Waals surface area contributed by atoms with Gasteiger partial charge in [-0.05, 0) is 31.2 Å². The van der Waals surface area contributed by atoms with Crippen molar-refractivity contribution in [3.05, 3.63) is 18.0 Å². The van der Waals surface area contributed by atoms with Gasteiger partial charge in [0.15, 0.2) is 5.16 Å². The molecule has 0 aliphatic carbocycles. The van der Waals surface area contributed by atoms with Crippen LogP contribution in [0.1, 0.15) is 31.7 Å². The predicted molar refractivity (Wildman–Crippen MR) is 73.7 cm³/mol. The number of nitrogens with two attached hydrogens (primary N) is 1. The third-order valence-corrected chi connectivity index (χ3v) is 4.37. The molecule has 100 valence electrons. The van der Waals surface area contributed by atoms with Gasteiger partial charge < -0.3 is 10.5 Å². The van der Waals surface area contributed by atoms with Gasteiger partial charge in [-0.2, -0.15) is 0 Å². The van der Waals surface area contributed by atoms with Crippen LogP contribution in [0.3, 0.4) is 0 Å². The Morgan fingerprint density at radius 3 is 2.67 bits per heavy atom. The summed E-state index contributed by atoms with van der Waals surface area (Å²) in [6, 6.07) is 0.211. The summed E-state index contributed by atoms with van der Waals surface area (Å²) in [4.78, 5) is 8.83. The van der Waals surface area contributed by atoms with Gasteiger partial charge in [0.2, 0.25) is 0 Å². The van der Waals surface area contributed by atoms with Crippen molar-refractivity contribution in [2.24, 2.45) is 5.73 Å². The highest BCUT2D eigenvalue weighted by atomic mass is 32.2. The van der Waals surface area contributed by atoms with Crippen LogP contribution in [0, 0.1) is 0 Å². The van der Waals surface area contributed by atoms with Gasteiger partial charge in [-0.25, -0.2) is 9.97 Å². The molecule has 2 N–H and O–H groups in total. The van der Waals surface area contributed by atoms with Gasteiger partial charge >= 0.3 is 0 Å². The largest absolute Gasteiger partial charge is 0.381 e. The highest BCUT2D eigenvalue weighted by Gasteiger charge is 2.16. The molecule has 1 aliphatic rings. The fourth-order valence-electron chi connectivity index (χ4n) is 1.90. The van der Waals surface area contributed by atoms with E-state index in [0.717, 1.165) is 49.6 Å². The van der Waals surface area contributed by atoms with Gasteiger partial charge in [0, 0.05) is 36.9 Å². The van der Waals surface area contributed by atoms with Crippen molar-refractivity contribution in [3.8, 4) is 0 Å². The summed E-state index contributed by atoms with van der Waals surface area (Å²) in [7, 11) is 0. The average molecular weight is 267 g/mol. The highest BCUT2D eigenvalue weighted by Crippen LogP contribution is 2.26. The first kappa shape index (κ1) is 13.8. The first-order chi connectivity index (χ1) is 8.78. The van der Waals surface area contributed by atoms with Gasteiger partial charge in [0.05, 0.1) is 0 Å². The van der Waals surface area contributed by atoms with Gasteiger partial charge in [0.1, 0.15) is 0 Å². The Morgan fingerprint density at radius 1 is 1.39 bits per heavy atom. The monoisotopic (exact) mass is 267 g/mol. The maximum absolute atomic E-state index is 5.92. The Morgan fingerprint density at radius 2 is 2.06 bits per heavy atom. The third-order valence-electron chi connectivity index (χ3n) is 3.14. The number of hydrogen-bond donors (Lipinski definition) is 1. The summed E-state index contributed by atoms with van der Waals surface area (Å²) in [5.74, 6) is 0. The van der Waals surface area contributed by atoms with E-state index in [-0.39, 0.29) is 6.04 Å². The van der Waals surface area contributed by atoms with Crippen molar-refractivity contribution in [1.82, 2.24) is 9.97 Å². The summed E-state index contributed by atoms with van der Waals surface area (Å²) in [5.41, 5.74) is 7.04. The molecule has 0 aromatic carbocycles. The molecule has 2 rings (SSSR count). The molecule has 1 aromatic rings. The molecule has 0 bridgehead atoms. The fraction of sp³-hybridized carbons (Fsp3) is 0.692. The van der Waals surface area contributed by atoms with Crippen molar-refractivity contribution >= 4 is 11.8 Å². The first-order valence-electron chi connectivity index (χ1n) is 6.59. The smallest absolute Gasteiger partial charge is 0.187 e. The number of hydrogen-bond acceptors (Lipinski definition) is 5. The van der Waals surface area contributed by atoms with Crippen molar-refractivity contribution in [2.45, 2.75) is 49.1 Å². The molecule has 1 aliphatic heterocycles. The van der Waals surface area contributed by atoms with Crippen molar-refractivity contribution in [1.29, 1.82) is 0 Å². The maximum atomic E-state index is 5.92. The number of rotatable bonds is 5. The minimum Gasteiger partial charge on any atom is -0.381 e. The van der Waals surface area contributed by atoms with Crippen LogP contribution in [-0.4, -0.2) is 34.5 Å². The van der Waals surface area contributed by atoms with Gasteiger partial charge in [0.25, 0.3) is 0 Å². The number of nitrogens with zero attached hydrogens (tertiary/aromatic N) is 2.